The molecule has 0 spiro atoms. The number of rotatable bonds is 7. The van der Waals surface area contributed by atoms with Gasteiger partial charge in [0.2, 0.25) is 21.8 Å². The summed E-state index contributed by atoms with van der Waals surface area (Å²) in [6.45, 7) is -0.0881. The van der Waals surface area contributed by atoms with Crippen molar-refractivity contribution in [1.82, 2.24) is 14.9 Å². The molecular weight excluding hydrogens is 430 g/mol. The number of benzene rings is 1. The van der Waals surface area contributed by atoms with Crippen LogP contribution in [0.4, 0.5) is 0 Å². The van der Waals surface area contributed by atoms with Crippen LogP contribution in [0.5, 0.6) is 0 Å². The summed E-state index contributed by atoms with van der Waals surface area (Å²) < 4.78 is 51.1. The Bertz CT molecular complexity index is 941. The molecule has 1 heterocycles. The Morgan fingerprint density at radius 3 is 2.39 bits per heavy atom. The minimum absolute atomic E-state index is 0.0493. The van der Waals surface area contributed by atoms with Crippen LogP contribution in [-0.2, 0) is 29.4 Å². The molecule has 1 aromatic carbocycles. The number of sulfonamides is 1. The SMILES string of the molecule is CNC(=O)CS(=O)(=O)C1CCN(C(=O)CNS(=O)(=O)c2cccc(Cl)c2)CC1. The number of nitrogens with one attached hydrogen (secondary N) is 2. The van der Waals surface area contributed by atoms with Gasteiger partial charge in [-0.05, 0) is 31.0 Å². The number of likely N-dealkylation sites (tertiary alicyclic amines) is 1. The highest BCUT2D eigenvalue weighted by Gasteiger charge is 2.33. The lowest BCUT2D eigenvalue weighted by Gasteiger charge is -2.31. The predicted molar refractivity (Wildman–Crippen MR) is 104 cm³/mol. The Morgan fingerprint density at radius 1 is 1.18 bits per heavy atom. The van der Waals surface area contributed by atoms with Gasteiger partial charge in [0.05, 0.1) is 16.7 Å². The number of carbonyl (C=O) groups excluding carboxylic acids is 2. The fourth-order valence-electron chi connectivity index (χ4n) is 2.82. The summed E-state index contributed by atoms with van der Waals surface area (Å²) in [4.78, 5) is 25.0. The van der Waals surface area contributed by atoms with Crippen molar-refractivity contribution in [3.05, 3.63) is 29.3 Å². The molecule has 0 unspecified atom stereocenters. The summed E-state index contributed by atoms with van der Waals surface area (Å²) in [6.07, 6.45) is 0.401. The summed E-state index contributed by atoms with van der Waals surface area (Å²) in [5.74, 6) is -1.61. The van der Waals surface area contributed by atoms with Gasteiger partial charge >= 0.3 is 0 Å². The second-order valence-corrected chi connectivity index (χ2v) is 10.8. The number of sulfone groups is 1. The molecule has 0 atom stereocenters. The first-order chi connectivity index (χ1) is 13.0. The normalized spacial score (nSPS) is 16.0. The minimum atomic E-state index is -3.89. The monoisotopic (exact) mass is 451 g/mol. The van der Waals surface area contributed by atoms with Crippen LogP contribution in [0.25, 0.3) is 0 Å². The first kappa shape index (κ1) is 22.6. The van der Waals surface area contributed by atoms with E-state index in [1.165, 1.54) is 36.2 Å². The summed E-state index contributed by atoms with van der Waals surface area (Å²) in [5.41, 5.74) is 0. The molecule has 156 valence electrons. The van der Waals surface area contributed by atoms with Crippen molar-refractivity contribution in [2.75, 3.05) is 32.4 Å². The molecule has 1 aliphatic rings. The largest absolute Gasteiger partial charge is 0.358 e. The summed E-state index contributed by atoms with van der Waals surface area (Å²) in [5, 5.41) is 1.84. The zero-order valence-corrected chi connectivity index (χ0v) is 17.6. The molecule has 0 aromatic heterocycles. The van der Waals surface area contributed by atoms with E-state index in [0.717, 1.165) is 0 Å². The molecule has 2 rings (SSSR count). The molecule has 2 N–H and O–H groups in total. The van der Waals surface area contributed by atoms with Crippen LogP contribution in [-0.4, -0.2) is 71.2 Å². The summed E-state index contributed by atoms with van der Waals surface area (Å²) >= 11 is 5.79. The quantitative estimate of drug-likeness (QED) is 0.589. The van der Waals surface area contributed by atoms with Gasteiger partial charge in [-0.25, -0.2) is 21.6 Å². The molecule has 1 saturated heterocycles. The highest BCUT2D eigenvalue weighted by molar-refractivity contribution is 7.92. The van der Waals surface area contributed by atoms with E-state index in [0.29, 0.717) is 0 Å². The maximum atomic E-state index is 12.3. The van der Waals surface area contributed by atoms with Crippen LogP contribution in [0.15, 0.2) is 29.2 Å². The van der Waals surface area contributed by atoms with E-state index in [2.05, 4.69) is 10.0 Å². The van der Waals surface area contributed by atoms with Crippen molar-refractivity contribution >= 4 is 43.3 Å². The molecule has 28 heavy (non-hydrogen) atoms. The summed E-state index contributed by atoms with van der Waals surface area (Å²) in [6, 6.07) is 5.66. The zero-order chi connectivity index (χ0) is 20.9. The smallest absolute Gasteiger partial charge is 0.241 e. The van der Waals surface area contributed by atoms with Crippen molar-refractivity contribution in [2.45, 2.75) is 23.0 Å². The van der Waals surface area contributed by atoms with E-state index in [-0.39, 0.29) is 35.8 Å². The van der Waals surface area contributed by atoms with Crippen LogP contribution in [0.3, 0.4) is 0 Å². The number of carbonyl (C=O) groups is 2. The second-order valence-electron chi connectivity index (χ2n) is 6.34. The van der Waals surface area contributed by atoms with Crippen LogP contribution >= 0.6 is 11.6 Å². The molecule has 12 heteroatoms. The standard InChI is InChI=1S/C16H22ClN3O6S2/c1-18-15(21)11-27(23,24)13-5-7-20(8-6-13)16(22)10-19-28(25,26)14-4-2-3-12(17)9-14/h2-4,9,13,19H,5-8,10-11H2,1H3,(H,18,21). The maximum absolute atomic E-state index is 12.3. The molecule has 1 fully saturated rings. The third-order valence-electron chi connectivity index (χ3n) is 4.43. The molecule has 0 bridgehead atoms. The van der Waals surface area contributed by atoms with Crippen molar-refractivity contribution < 1.29 is 26.4 Å². The Morgan fingerprint density at radius 2 is 1.82 bits per heavy atom. The van der Waals surface area contributed by atoms with Crippen LogP contribution in [0.1, 0.15) is 12.8 Å². The van der Waals surface area contributed by atoms with Crippen LogP contribution in [0.2, 0.25) is 5.02 Å². The van der Waals surface area contributed by atoms with Crippen molar-refractivity contribution in [1.29, 1.82) is 0 Å². The number of nitrogens with zero attached hydrogens (tertiary/aromatic N) is 1. The Kier molecular flexibility index (Phi) is 7.43. The number of hydrogen-bond acceptors (Lipinski definition) is 6. The van der Waals surface area contributed by atoms with Crippen LogP contribution < -0.4 is 10.0 Å². The maximum Gasteiger partial charge on any atom is 0.241 e. The predicted octanol–water partition coefficient (Wildman–Crippen LogP) is -0.230. The Labute approximate surface area is 169 Å². The first-order valence-corrected chi connectivity index (χ1v) is 12.1. The lowest BCUT2D eigenvalue weighted by atomic mass is 10.1. The number of amides is 2. The lowest BCUT2D eigenvalue weighted by Crippen LogP contribution is -2.47. The van der Waals surface area contributed by atoms with E-state index in [1.54, 1.807) is 0 Å². The average molecular weight is 452 g/mol. The fourth-order valence-corrected chi connectivity index (χ4v) is 5.77. The third-order valence-corrected chi connectivity index (χ3v) is 8.22. The van der Waals surface area contributed by atoms with Gasteiger partial charge in [0.25, 0.3) is 0 Å². The van der Waals surface area contributed by atoms with Crippen molar-refractivity contribution in [3.8, 4) is 0 Å². The van der Waals surface area contributed by atoms with E-state index < -0.39 is 49.2 Å². The number of piperidine rings is 1. The van der Waals surface area contributed by atoms with Gasteiger partial charge < -0.3 is 10.2 Å². The Hall–Kier alpha value is -1.69. The van der Waals surface area contributed by atoms with Gasteiger partial charge in [-0.2, -0.15) is 0 Å². The molecule has 0 radical (unpaired) electrons. The fraction of sp³-hybridized carbons (Fsp3) is 0.500. The molecular formula is C16H22ClN3O6S2. The molecule has 0 saturated carbocycles. The minimum Gasteiger partial charge on any atom is -0.358 e. The summed E-state index contributed by atoms with van der Waals surface area (Å²) in [7, 11) is -6.12. The molecule has 9 nitrogen and oxygen atoms in total. The van der Waals surface area contributed by atoms with Gasteiger partial charge in [-0.15, -0.1) is 0 Å². The van der Waals surface area contributed by atoms with E-state index in [4.69, 9.17) is 11.6 Å². The van der Waals surface area contributed by atoms with E-state index >= 15 is 0 Å². The highest BCUT2D eigenvalue weighted by Crippen LogP contribution is 2.19. The van der Waals surface area contributed by atoms with Gasteiger partial charge in [-0.1, -0.05) is 17.7 Å². The van der Waals surface area contributed by atoms with E-state index in [9.17, 15) is 26.4 Å². The number of hydrogen-bond donors (Lipinski definition) is 2. The topological polar surface area (TPSA) is 130 Å². The third kappa shape index (κ3) is 5.90. The molecule has 1 aliphatic heterocycles. The van der Waals surface area contributed by atoms with Gasteiger partial charge in [0.1, 0.15) is 5.75 Å². The molecule has 0 aliphatic carbocycles. The van der Waals surface area contributed by atoms with Crippen molar-refractivity contribution in [2.24, 2.45) is 0 Å². The average Bonchev–Trinajstić information content (AvgIpc) is 2.66. The number of halogens is 1. The van der Waals surface area contributed by atoms with Gasteiger partial charge in [0.15, 0.2) is 9.84 Å². The van der Waals surface area contributed by atoms with Crippen molar-refractivity contribution in [3.63, 3.8) is 0 Å². The second kappa shape index (κ2) is 9.21. The van der Waals surface area contributed by atoms with Crippen LogP contribution in [0, 0.1) is 0 Å². The lowest BCUT2D eigenvalue weighted by molar-refractivity contribution is -0.130. The van der Waals surface area contributed by atoms with Gasteiger partial charge in [-0.3, -0.25) is 9.59 Å². The first-order valence-electron chi connectivity index (χ1n) is 8.50. The molecule has 1 aromatic rings. The zero-order valence-electron chi connectivity index (χ0n) is 15.2. The highest BCUT2D eigenvalue weighted by atomic mass is 35.5. The van der Waals surface area contributed by atoms with Gasteiger partial charge in [0, 0.05) is 25.2 Å². The molecule has 2 amide bonds. The Balaban J connectivity index is 1.89. The van der Waals surface area contributed by atoms with E-state index in [1.807, 2.05) is 0 Å².